The summed E-state index contributed by atoms with van der Waals surface area (Å²) in [4.78, 5) is 4.61. The van der Waals surface area contributed by atoms with E-state index in [-0.39, 0.29) is 0 Å². The first-order valence-corrected chi connectivity index (χ1v) is 32.2. The van der Waals surface area contributed by atoms with E-state index in [2.05, 4.69) is 304 Å². The van der Waals surface area contributed by atoms with Crippen molar-refractivity contribution in [2.75, 3.05) is 36.2 Å². The molecule has 0 spiro atoms. The van der Waals surface area contributed by atoms with Crippen LogP contribution < -0.4 is 28.7 Å². The van der Waals surface area contributed by atoms with Gasteiger partial charge in [0.1, 0.15) is 23.0 Å². The van der Waals surface area contributed by atoms with Gasteiger partial charge < -0.3 is 28.7 Å². The fraction of sp³-hybridized carbons (Fsp3) is 0.167. The zero-order valence-corrected chi connectivity index (χ0v) is 52.0. The third-order valence-electron chi connectivity index (χ3n) is 16.9. The fourth-order valence-corrected chi connectivity index (χ4v) is 12.5. The number of ether oxygens (including phenoxy) is 4. The first-order chi connectivity index (χ1) is 44.5. The molecule has 13 rings (SSSR count). The monoisotopic (exact) mass is 1180 g/mol. The predicted molar refractivity (Wildman–Crippen MR) is 384 cm³/mol. The van der Waals surface area contributed by atoms with Crippen LogP contribution in [0.2, 0.25) is 0 Å². The Hall–Kier alpha value is -10.3. The lowest BCUT2D eigenvalue weighted by atomic mass is 9.86. The number of hydrogen-bond acceptors (Lipinski definition) is 6. The summed E-state index contributed by atoms with van der Waals surface area (Å²) in [6.07, 6.45) is 14.9. The molecule has 0 unspecified atom stereocenters. The van der Waals surface area contributed by atoms with Crippen LogP contribution in [-0.2, 0) is 0 Å². The van der Waals surface area contributed by atoms with Crippen molar-refractivity contribution >= 4 is 123 Å². The normalized spacial score (nSPS) is 11.7. The minimum atomic E-state index is 0.573. The highest BCUT2D eigenvalue weighted by Gasteiger charge is 2.24. The lowest BCUT2D eigenvalue weighted by Gasteiger charge is -2.25. The fourth-order valence-electron chi connectivity index (χ4n) is 12.5. The molecule has 0 fully saturated rings. The van der Waals surface area contributed by atoms with E-state index in [1.807, 2.05) is 0 Å². The van der Waals surface area contributed by atoms with Gasteiger partial charge in [0.25, 0.3) is 0 Å². The van der Waals surface area contributed by atoms with E-state index in [0.29, 0.717) is 26.4 Å². The Bertz CT molecular complexity index is 4300. The molecule has 0 aliphatic carbocycles. The molecule has 0 aromatic heterocycles. The van der Waals surface area contributed by atoms with Crippen molar-refractivity contribution in [3.63, 3.8) is 0 Å². The largest absolute Gasteiger partial charge is 0.492 e. The molecule has 0 aliphatic rings. The van der Waals surface area contributed by atoms with E-state index < -0.39 is 0 Å². The van der Waals surface area contributed by atoms with Gasteiger partial charge in [-0.05, 0) is 167 Å². The Morgan fingerprint density at radius 3 is 0.767 bits per heavy atom. The summed E-state index contributed by atoms with van der Waals surface area (Å²) in [5.41, 5.74) is 10.8. The minimum absolute atomic E-state index is 0.573. The minimum Gasteiger partial charge on any atom is -0.492 e. The van der Waals surface area contributed by atoms with E-state index in [1.54, 1.807) is 0 Å². The molecule has 0 atom stereocenters. The van der Waals surface area contributed by atoms with Gasteiger partial charge in [0, 0.05) is 77.2 Å². The second-order valence-electron chi connectivity index (χ2n) is 23.1. The number of unbranched alkanes of at least 4 members (excludes halogenated alkanes) is 2. The van der Waals surface area contributed by atoms with Crippen molar-refractivity contribution in [2.24, 2.45) is 0 Å². The van der Waals surface area contributed by atoms with Gasteiger partial charge in [-0.2, -0.15) is 0 Å². The molecule has 0 radical (unpaired) electrons. The van der Waals surface area contributed by atoms with Crippen LogP contribution in [0.3, 0.4) is 0 Å². The summed E-state index contributed by atoms with van der Waals surface area (Å²) in [5.74, 6) is 3.48. The van der Waals surface area contributed by atoms with Gasteiger partial charge in [-0.1, -0.05) is 210 Å². The molecule has 90 heavy (non-hydrogen) atoms. The van der Waals surface area contributed by atoms with Crippen LogP contribution in [-0.4, -0.2) is 26.4 Å². The standard InChI is InChI=1S/C84H76N2O4/c1-5-9-53-89-83-71-37-25-23-35-69(71)81(87-51-7-3)77-55-73-68(50-44-60-41-47-66(48-42-60)86(63-31-19-13-20-32-63)64-33-21-14-22-34-64)76-58-80-78(82(88-52-8-4)70-36-24-26-38-72(70)84(80)90-54-10-6-2)56-74(76)67(75(73)57-79(77)83)49-43-59-39-45-65(46-40-59)85(61-27-15-11-16-28-61)62-29-17-12-18-30-62/h11-50,55-58H,5-10,51-54H2,1-4H3/b49-43+,50-44+. The van der Waals surface area contributed by atoms with Gasteiger partial charge in [-0.25, -0.2) is 0 Å². The molecule has 446 valence electrons. The molecule has 0 heterocycles. The van der Waals surface area contributed by atoms with Crippen molar-refractivity contribution in [3.05, 3.63) is 265 Å². The summed E-state index contributed by atoms with van der Waals surface area (Å²) in [6, 6.07) is 86.9. The molecular formula is C84H76N2O4. The first kappa shape index (κ1) is 58.7. The van der Waals surface area contributed by atoms with Crippen LogP contribution in [0.4, 0.5) is 34.1 Å². The van der Waals surface area contributed by atoms with Crippen LogP contribution in [0.25, 0.3) is 88.9 Å². The molecule has 0 N–H and O–H groups in total. The Morgan fingerprint density at radius 2 is 0.500 bits per heavy atom. The Kier molecular flexibility index (Phi) is 17.9. The summed E-state index contributed by atoms with van der Waals surface area (Å²) in [6.45, 7) is 11.1. The molecule has 0 amide bonds. The zero-order valence-electron chi connectivity index (χ0n) is 52.0. The number of rotatable bonds is 24. The Labute approximate surface area is 529 Å². The van der Waals surface area contributed by atoms with E-state index in [0.717, 1.165) is 183 Å². The van der Waals surface area contributed by atoms with Gasteiger partial charge in [0.05, 0.1) is 26.4 Å². The van der Waals surface area contributed by atoms with Crippen molar-refractivity contribution in [1.29, 1.82) is 0 Å². The van der Waals surface area contributed by atoms with Gasteiger partial charge in [-0.3, -0.25) is 0 Å². The van der Waals surface area contributed by atoms with Crippen LogP contribution in [0.1, 0.15) is 88.5 Å². The molecule has 6 heteroatoms. The molecule has 6 nitrogen and oxygen atoms in total. The van der Waals surface area contributed by atoms with Crippen LogP contribution in [0, 0.1) is 0 Å². The average Bonchev–Trinajstić information content (AvgIpc) is 0.732. The van der Waals surface area contributed by atoms with Gasteiger partial charge in [0.2, 0.25) is 0 Å². The zero-order chi connectivity index (χ0) is 61.2. The van der Waals surface area contributed by atoms with E-state index in [1.165, 1.54) is 0 Å². The topological polar surface area (TPSA) is 43.4 Å². The highest BCUT2D eigenvalue weighted by atomic mass is 16.5. The lowest BCUT2D eigenvalue weighted by molar-refractivity contribution is 0.314. The van der Waals surface area contributed by atoms with E-state index in [4.69, 9.17) is 18.9 Å². The maximum absolute atomic E-state index is 7.03. The van der Waals surface area contributed by atoms with Gasteiger partial charge in [0.15, 0.2) is 0 Å². The second-order valence-corrected chi connectivity index (χ2v) is 23.1. The molecule has 0 aliphatic heterocycles. The van der Waals surface area contributed by atoms with Gasteiger partial charge >= 0.3 is 0 Å². The third-order valence-corrected chi connectivity index (χ3v) is 16.9. The molecular weight excluding hydrogens is 1100 g/mol. The molecule has 0 saturated carbocycles. The summed E-state index contributed by atoms with van der Waals surface area (Å²) in [5, 5.41) is 12.6. The number of fused-ring (bicyclic) bond motifs is 6. The van der Waals surface area contributed by atoms with Crippen molar-refractivity contribution in [3.8, 4) is 23.0 Å². The van der Waals surface area contributed by atoms with Crippen LogP contribution >= 0.6 is 0 Å². The Balaban J connectivity index is 1.10. The molecule has 0 bridgehead atoms. The lowest BCUT2D eigenvalue weighted by Crippen LogP contribution is -2.09. The number of benzene rings is 13. The molecule has 13 aromatic rings. The maximum Gasteiger partial charge on any atom is 0.135 e. The smallest absolute Gasteiger partial charge is 0.135 e. The SMILES string of the molecule is CCCCOc1c2ccccc2c(OCCC)c2cc3c(/C=C/c4ccc(N(c5ccccc5)c5ccccc5)cc4)c4cc5c(OCCCC)c6ccccc6c(OCCC)c5cc4c(/C=C/c4ccc(N(c5ccccc5)c5ccccc5)cc4)c3cc12. The van der Waals surface area contributed by atoms with Crippen LogP contribution in [0.15, 0.2) is 243 Å². The third kappa shape index (κ3) is 11.9. The second kappa shape index (κ2) is 27.4. The highest BCUT2D eigenvalue weighted by molar-refractivity contribution is 6.24. The molecule has 0 saturated heterocycles. The Morgan fingerprint density at radius 1 is 0.244 bits per heavy atom. The van der Waals surface area contributed by atoms with Crippen molar-refractivity contribution in [1.82, 2.24) is 0 Å². The van der Waals surface area contributed by atoms with Crippen molar-refractivity contribution in [2.45, 2.75) is 66.2 Å². The summed E-state index contributed by atoms with van der Waals surface area (Å²) < 4.78 is 28.0. The molecule has 13 aromatic carbocycles. The first-order valence-electron chi connectivity index (χ1n) is 32.2. The highest BCUT2D eigenvalue weighted by Crippen LogP contribution is 2.50. The van der Waals surface area contributed by atoms with Crippen molar-refractivity contribution < 1.29 is 18.9 Å². The number of para-hydroxylation sites is 4. The predicted octanol–water partition coefficient (Wildman–Crippen LogP) is 23.8. The average molecular weight is 1180 g/mol. The number of nitrogens with zero attached hydrogens (tertiary/aromatic N) is 2. The number of anilines is 6. The van der Waals surface area contributed by atoms with Gasteiger partial charge in [-0.15, -0.1) is 0 Å². The summed E-state index contributed by atoms with van der Waals surface area (Å²) in [7, 11) is 0. The van der Waals surface area contributed by atoms with Crippen LogP contribution in [0.5, 0.6) is 23.0 Å². The van der Waals surface area contributed by atoms with E-state index in [9.17, 15) is 0 Å². The quantitative estimate of drug-likeness (QED) is 0.0341. The number of hydrogen-bond donors (Lipinski definition) is 0. The maximum atomic E-state index is 7.03. The van der Waals surface area contributed by atoms with E-state index >= 15 is 0 Å². The summed E-state index contributed by atoms with van der Waals surface area (Å²) >= 11 is 0.